The number of ether oxygens (including phenoxy) is 1. The molecule has 158 valence electrons. The van der Waals surface area contributed by atoms with Gasteiger partial charge in [-0.2, -0.15) is 0 Å². The number of anilines is 3. The zero-order valence-corrected chi connectivity index (χ0v) is 17.2. The van der Waals surface area contributed by atoms with E-state index in [1.807, 2.05) is 65.6 Å². The quantitative estimate of drug-likeness (QED) is 0.549. The number of carbonyl (C=O) groups is 1. The van der Waals surface area contributed by atoms with Gasteiger partial charge in [-0.05, 0) is 55.3 Å². The Bertz CT molecular complexity index is 1020. The second-order valence-electron chi connectivity index (χ2n) is 7.32. The molecule has 2 N–H and O–H groups in total. The normalized spacial score (nSPS) is 15.7. The van der Waals surface area contributed by atoms with Crippen LogP contribution in [0.5, 0.6) is 11.5 Å². The molecule has 1 fully saturated rings. The summed E-state index contributed by atoms with van der Waals surface area (Å²) in [6, 6.07) is 19.4. The van der Waals surface area contributed by atoms with Gasteiger partial charge >= 0.3 is 0 Å². The van der Waals surface area contributed by atoms with Crippen molar-refractivity contribution in [2.24, 2.45) is 0 Å². The van der Waals surface area contributed by atoms with Crippen LogP contribution in [0.1, 0.15) is 12.8 Å². The molecule has 0 aliphatic carbocycles. The number of nitrogens with one attached hydrogen (secondary N) is 2. The van der Waals surface area contributed by atoms with Crippen molar-refractivity contribution < 1.29 is 9.53 Å². The smallest absolute Gasteiger partial charge is 0.246 e. The number of hydrogen-bond acceptors (Lipinski definition) is 6. The zero-order chi connectivity index (χ0) is 21.5. The van der Waals surface area contributed by atoms with E-state index in [4.69, 9.17) is 4.74 Å². The SMILES string of the molecule is C=CC(=O)N1CCCC(Nc2cc(Nc3ccc(Oc4ccccc4)cc3)ncn2)C1. The summed E-state index contributed by atoms with van der Waals surface area (Å²) >= 11 is 0. The predicted octanol–water partition coefficient (Wildman–Crippen LogP) is 4.60. The second kappa shape index (κ2) is 9.75. The Hall–Kier alpha value is -3.87. The number of benzene rings is 2. The Kier molecular flexibility index (Phi) is 6.42. The molecule has 0 saturated carbocycles. The van der Waals surface area contributed by atoms with Crippen molar-refractivity contribution in [1.29, 1.82) is 0 Å². The highest BCUT2D eigenvalue weighted by Crippen LogP contribution is 2.24. The third-order valence-corrected chi connectivity index (χ3v) is 5.03. The summed E-state index contributed by atoms with van der Waals surface area (Å²) in [5.74, 6) is 2.93. The Balaban J connectivity index is 1.36. The standard InChI is InChI=1S/C24H25N5O2/c1-2-24(30)29-14-6-7-19(16-29)28-23-15-22(25-17-26-23)27-18-10-12-21(13-11-18)31-20-8-4-3-5-9-20/h2-5,8-13,15,17,19H,1,6-7,14,16H2,(H2,25,26,27,28). The zero-order valence-electron chi connectivity index (χ0n) is 17.2. The number of amides is 1. The molecule has 1 aliphatic rings. The number of likely N-dealkylation sites (tertiary alicyclic amines) is 1. The van der Waals surface area contributed by atoms with E-state index in [1.165, 1.54) is 12.4 Å². The van der Waals surface area contributed by atoms with E-state index in [9.17, 15) is 4.79 Å². The van der Waals surface area contributed by atoms with E-state index in [2.05, 4.69) is 27.2 Å². The van der Waals surface area contributed by atoms with Gasteiger partial charge in [0, 0.05) is 30.9 Å². The first-order valence-corrected chi connectivity index (χ1v) is 10.3. The van der Waals surface area contributed by atoms with Crippen LogP contribution >= 0.6 is 0 Å². The van der Waals surface area contributed by atoms with E-state index >= 15 is 0 Å². The fourth-order valence-corrected chi connectivity index (χ4v) is 3.52. The maximum atomic E-state index is 11.9. The minimum absolute atomic E-state index is 0.0313. The molecule has 1 saturated heterocycles. The fraction of sp³-hybridized carbons (Fsp3) is 0.208. The number of para-hydroxylation sites is 1. The van der Waals surface area contributed by atoms with Gasteiger partial charge in [-0.25, -0.2) is 9.97 Å². The molecule has 4 rings (SSSR count). The Morgan fingerprint density at radius 1 is 1.06 bits per heavy atom. The lowest BCUT2D eigenvalue weighted by Gasteiger charge is -2.32. The van der Waals surface area contributed by atoms with Gasteiger partial charge < -0.3 is 20.3 Å². The highest BCUT2D eigenvalue weighted by atomic mass is 16.5. The molecule has 0 spiro atoms. The summed E-state index contributed by atoms with van der Waals surface area (Å²) in [4.78, 5) is 22.3. The molecule has 1 atom stereocenters. The molecule has 0 radical (unpaired) electrons. The summed E-state index contributed by atoms with van der Waals surface area (Å²) in [6.45, 7) is 4.98. The minimum atomic E-state index is -0.0313. The van der Waals surface area contributed by atoms with E-state index < -0.39 is 0 Å². The van der Waals surface area contributed by atoms with Crippen LogP contribution in [0.4, 0.5) is 17.3 Å². The van der Waals surface area contributed by atoms with Crippen molar-refractivity contribution in [2.45, 2.75) is 18.9 Å². The Morgan fingerprint density at radius 2 is 1.81 bits per heavy atom. The van der Waals surface area contributed by atoms with Crippen LogP contribution in [-0.4, -0.2) is 39.9 Å². The van der Waals surface area contributed by atoms with Crippen LogP contribution in [0.15, 0.2) is 79.6 Å². The van der Waals surface area contributed by atoms with E-state index in [-0.39, 0.29) is 11.9 Å². The number of hydrogen-bond donors (Lipinski definition) is 2. The van der Waals surface area contributed by atoms with Crippen molar-refractivity contribution in [3.63, 3.8) is 0 Å². The van der Waals surface area contributed by atoms with Crippen LogP contribution in [-0.2, 0) is 4.79 Å². The van der Waals surface area contributed by atoms with Gasteiger partial charge in [0.2, 0.25) is 5.91 Å². The summed E-state index contributed by atoms with van der Waals surface area (Å²) < 4.78 is 5.82. The van der Waals surface area contributed by atoms with Gasteiger partial charge in [0.1, 0.15) is 29.5 Å². The predicted molar refractivity (Wildman–Crippen MR) is 122 cm³/mol. The van der Waals surface area contributed by atoms with Crippen molar-refractivity contribution in [1.82, 2.24) is 14.9 Å². The highest BCUT2D eigenvalue weighted by Gasteiger charge is 2.22. The van der Waals surface area contributed by atoms with Crippen LogP contribution in [0.25, 0.3) is 0 Å². The molecular weight excluding hydrogens is 390 g/mol. The molecule has 7 nitrogen and oxygen atoms in total. The molecule has 1 aliphatic heterocycles. The largest absolute Gasteiger partial charge is 0.457 e. The lowest BCUT2D eigenvalue weighted by Crippen LogP contribution is -2.44. The second-order valence-corrected chi connectivity index (χ2v) is 7.32. The summed E-state index contributed by atoms with van der Waals surface area (Å²) in [5, 5.41) is 6.70. The molecule has 3 aromatic rings. The molecular formula is C24H25N5O2. The molecule has 2 aromatic carbocycles. The van der Waals surface area contributed by atoms with Crippen LogP contribution in [0, 0.1) is 0 Å². The average molecular weight is 415 g/mol. The maximum absolute atomic E-state index is 11.9. The molecule has 7 heteroatoms. The van der Waals surface area contributed by atoms with Gasteiger partial charge in [-0.15, -0.1) is 0 Å². The Labute approximate surface area is 181 Å². The molecule has 1 aromatic heterocycles. The third kappa shape index (κ3) is 5.60. The number of piperidine rings is 1. The molecule has 1 unspecified atom stereocenters. The lowest BCUT2D eigenvalue weighted by molar-refractivity contribution is -0.127. The first kappa shape index (κ1) is 20.4. The number of rotatable bonds is 7. The van der Waals surface area contributed by atoms with E-state index in [1.54, 1.807) is 0 Å². The first-order chi connectivity index (χ1) is 15.2. The highest BCUT2D eigenvalue weighted by molar-refractivity contribution is 5.87. The summed E-state index contributed by atoms with van der Waals surface area (Å²) in [7, 11) is 0. The van der Waals surface area contributed by atoms with Gasteiger partial charge in [-0.1, -0.05) is 24.8 Å². The molecule has 1 amide bonds. The van der Waals surface area contributed by atoms with Crippen LogP contribution in [0.3, 0.4) is 0 Å². The molecule has 2 heterocycles. The van der Waals surface area contributed by atoms with Gasteiger partial charge in [-0.3, -0.25) is 4.79 Å². The van der Waals surface area contributed by atoms with Crippen LogP contribution in [0.2, 0.25) is 0 Å². The van der Waals surface area contributed by atoms with Crippen molar-refractivity contribution in [2.75, 3.05) is 23.7 Å². The van der Waals surface area contributed by atoms with E-state index in [0.717, 1.165) is 42.4 Å². The minimum Gasteiger partial charge on any atom is -0.457 e. The van der Waals surface area contributed by atoms with Crippen molar-refractivity contribution in [3.8, 4) is 11.5 Å². The van der Waals surface area contributed by atoms with Crippen LogP contribution < -0.4 is 15.4 Å². The molecule has 0 bridgehead atoms. The van der Waals surface area contributed by atoms with Gasteiger partial charge in [0.15, 0.2) is 0 Å². The summed E-state index contributed by atoms with van der Waals surface area (Å²) in [6.07, 6.45) is 4.82. The maximum Gasteiger partial charge on any atom is 0.246 e. The van der Waals surface area contributed by atoms with Crippen molar-refractivity contribution >= 4 is 23.2 Å². The topological polar surface area (TPSA) is 79.4 Å². The van der Waals surface area contributed by atoms with E-state index in [0.29, 0.717) is 12.4 Å². The van der Waals surface area contributed by atoms with Crippen molar-refractivity contribution in [3.05, 3.63) is 79.6 Å². The average Bonchev–Trinajstić information content (AvgIpc) is 2.81. The monoisotopic (exact) mass is 415 g/mol. The Morgan fingerprint density at radius 3 is 2.58 bits per heavy atom. The van der Waals surface area contributed by atoms with Gasteiger partial charge in [0.25, 0.3) is 0 Å². The number of carbonyl (C=O) groups excluding carboxylic acids is 1. The van der Waals surface area contributed by atoms with Gasteiger partial charge in [0.05, 0.1) is 0 Å². The fourth-order valence-electron chi connectivity index (χ4n) is 3.52. The number of nitrogens with zero attached hydrogens (tertiary/aromatic N) is 3. The summed E-state index contributed by atoms with van der Waals surface area (Å²) in [5.41, 5.74) is 0.894. The third-order valence-electron chi connectivity index (χ3n) is 5.03. The number of aromatic nitrogens is 2. The molecule has 31 heavy (non-hydrogen) atoms. The first-order valence-electron chi connectivity index (χ1n) is 10.3. The lowest BCUT2D eigenvalue weighted by atomic mass is 10.1.